The molecular formula is C26H32N4O5. The molecule has 9 nitrogen and oxygen atoms in total. The molecular weight excluding hydrogens is 448 g/mol. The fourth-order valence-corrected chi connectivity index (χ4v) is 3.82. The molecule has 1 amide bonds. The molecule has 0 saturated carbocycles. The lowest BCUT2D eigenvalue weighted by Crippen LogP contribution is -2.30. The Morgan fingerprint density at radius 2 is 1.63 bits per heavy atom. The predicted octanol–water partition coefficient (Wildman–Crippen LogP) is 3.21. The number of likely N-dealkylation sites (N-methyl/N-ethyl adjacent to an activating group) is 1. The molecule has 2 aromatic carbocycles. The number of hydrogen-bond donors (Lipinski definition) is 1. The van der Waals surface area contributed by atoms with Gasteiger partial charge in [0.1, 0.15) is 11.5 Å². The van der Waals surface area contributed by atoms with Gasteiger partial charge in [-0.15, -0.1) is 0 Å². The van der Waals surface area contributed by atoms with Crippen molar-refractivity contribution in [3.8, 4) is 28.4 Å². The van der Waals surface area contributed by atoms with Crippen LogP contribution in [0.5, 0.6) is 11.5 Å². The first kappa shape index (κ1) is 25.8. The molecule has 1 N–H and O–H groups in total. The molecule has 0 atom stereocenters. The molecule has 0 aliphatic rings. The highest BCUT2D eigenvalue weighted by Gasteiger charge is 2.22. The lowest BCUT2D eigenvalue weighted by atomic mass is 10.1. The molecule has 9 heteroatoms. The number of benzene rings is 2. The molecule has 3 rings (SSSR count). The van der Waals surface area contributed by atoms with Gasteiger partial charge in [0.25, 0.3) is 0 Å². The first-order valence-electron chi connectivity index (χ1n) is 11.3. The van der Waals surface area contributed by atoms with Crippen molar-refractivity contribution >= 4 is 11.9 Å². The average molecular weight is 481 g/mol. The summed E-state index contributed by atoms with van der Waals surface area (Å²) in [6, 6.07) is 14.2. The van der Waals surface area contributed by atoms with Gasteiger partial charge in [-0.3, -0.25) is 4.79 Å². The molecule has 1 heterocycles. The SMILES string of the molecule is COc1cccc(OC)c1-c1cc(C(=O)O)nn1-c1cccc(CC(=O)N(C)CCCN(C)C)c1. The third kappa shape index (κ3) is 6.19. The monoisotopic (exact) mass is 480 g/mol. The van der Waals surface area contributed by atoms with E-state index in [-0.39, 0.29) is 18.0 Å². The Hall–Kier alpha value is -3.85. The summed E-state index contributed by atoms with van der Waals surface area (Å²) in [4.78, 5) is 28.3. The van der Waals surface area contributed by atoms with Crippen molar-refractivity contribution in [2.24, 2.45) is 0 Å². The second kappa shape index (κ2) is 11.5. The van der Waals surface area contributed by atoms with Crippen LogP contribution in [-0.2, 0) is 11.2 Å². The van der Waals surface area contributed by atoms with E-state index in [1.807, 2.05) is 38.4 Å². The second-order valence-electron chi connectivity index (χ2n) is 8.49. The van der Waals surface area contributed by atoms with Gasteiger partial charge in [0.2, 0.25) is 5.91 Å². The van der Waals surface area contributed by atoms with Crippen LogP contribution in [-0.4, -0.2) is 85.0 Å². The summed E-state index contributed by atoms with van der Waals surface area (Å²) in [6.45, 7) is 1.59. The Kier molecular flexibility index (Phi) is 8.48. The number of carboxylic acids is 1. The number of ether oxygens (including phenoxy) is 2. The molecule has 0 bridgehead atoms. The van der Waals surface area contributed by atoms with Gasteiger partial charge in [0, 0.05) is 13.6 Å². The zero-order valence-electron chi connectivity index (χ0n) is 20.8. The Bertz CT molecular complexity index is 1170. The van der Waals surface area contributed by atoms with Crippen molar-refractivity contribution < 1.29 is 24.2 Å². The van der Waals surface area contributed by atoms with Crippen LogP contribution in [0.1, 0.15) is 22.5 Å². The number of nitrogens with zero attached hydrogens (tertiary/aromatic N) is 4. The van der Waals surface area contributed by atoms with Crippen molar-refractivity contribution in [2.45, 2.75) is 12.8 Å². The third-order valence-electron chi connectivity index (χ3n) is 5.65. The molecule has 0 fully saturated rings. The quantitative estimate of drug-likeness (QED) is 0.450. The highest BCUT2D eigenvalue weighted by Crippen LogP contribution is 2.39. The summed E-state index contributed by atoms with van der Waals surface area (Å²) in [6.07, 6.45) is 1.12. The van der Waals surface area contributed by atoms with Crippen LogP contribution in [0.15, 0.2) is 48.5 Å². The fourth-order valence-electron chi connectivity index (χ4n) is 3.82. The van der Waals surface area contributed by atoms with Crippen LogP contribution in [0.2, 0.25) is 0 Å². The Morgan fingerprint density at radius 3 is 2.23 bits per heavy atom. The van der Waals surface area contributed by atoms with E-state index in [1.165, 1.54) is 6.07 Å². The number of aromatic nitrogens is 2. The molecule has 35 heavy (non-hydrogen) atoms. The number of methoxy groups -OCH3 is 2. The Morgan fingerprint density at radius 1 is 0.971 bits per heavy atom. The first-order valence-corrected chi connectivity index (χ1v) is 11.3. The van der Waals surface area contributed by atoms with Gasteiger partial charge in [-0.1, -0.05) is 18.2 Å². The fraction of sp³-hybridized carbons (Fsp3) is 0.346. The molecule has 0 aliphatic heterocycles. The first-order chi connectivity index (χ1) is 16.7. The maximum Gasteiger partial charge on any atom is 0.356 e. The Balaban J connectivity index is 1.97. The van der Waals surface area contributed by atoms with Crippen LogP contribution in [0.3, 0.4) is 0 Å². The molecule has 0 aliphatic carbocycles. The molecule has 1 aromatic heterocycles. The van der Waals surface area contributed by atoms with Gasteiger partial charge in [0.05, 0.1) is 37.6 Å². The van der Waals surface area contributed by atoms with E-state index in [2.05, 4.69) is 10.00 Å². The molecule has 186 valence electrons. The van der Waals surface area contributed by atoms with Crippen molar-refractivity contribution in [3.63, 3.8) is 0 Å². The summed E-state index contributed by atoms with van der Waals surface area (Å²) < 4.78 is 12.6. The summed E-state index contributed by atoms with van der Waals surface area (Å²) in [7, 11) is 8.90. The second-order valence-corrected chi connectivity index (χ2v) is 8.49. The number of carbonyl (C=O) groups excluding carboxylic acids is 1. The summed E-state index contributed by atoms with van der Waals surface area (Å²) in [5.74, 6) is -0.0926. The molecule has 3 aromatic rings. The van der Waals surface area contributed by atoms with Crippen molar-refractivity contribution in [2.75, 3.05) is 48.5 Å². The normalized spacial score (nSPS) is 10.9. The minimum absolute atomic E-state index is 0.0132. The van der Waals surface area contributed by atoms with E-state index in [9.17, 15) is 14.7 Å². The van der Waals surface area contributed by atoms with E-state index in [0.717, 1.165) is 18.5 Å². The van der Waals surface area contributed by atoms with Gasteiger partial charge in [-0.05, 0) is 63.0 Å². The third-order valence-corrected chi connectivity index (χ3v) is 5.65. The largest absolute Gasteiger partial charge is 0.496 e. The number of rotatable bonds is 11. The number of hydrogen-bond acceptors (Lipinski definition) is 6. The standard InChI is InChI=1S/C26H32N4O5/c1-28(2)13-8-14-29(3)24(31)16-18-9-6-10-19(15-18)30-21(17-20(27-30)26(32)33)25-22(34-4)11-7-12-23(25)35-5/h6-7,9-12,15,17H,8,13-14,16H2,1-5H3,(H,32,33). The number of aromatic carboxylic acids is 1. The lowest BCUT2D eigenvalue weighted by molar-refractivity contribution is -0.129. The van der Waals surface area contributed by atoms with E-state index in [4.69, 9.17) is 9.47 Å². The maximum absolute atomic E-state index is 12.8. The van der Waals surface area contributed by atoms with Gasteiger partial charge < -0.3 is 24.4 Å². The molecule has 0 saturated heterocycles. The topological polar surface area (TPSA) is 97.1 Å². The molecule has 0 spiro atoms. The molecule has 0 radical (unpaired) electrons. The summed E-state index contributed by atoms with van der Waals surface area (Å²) in [5.41, 5.74) is 2.40. The van der Waals surface area contributed by atoms with Crippen molar-refractivity contribution in [1.29, 1.82) is 0 Å². The highest BCUT2D eigenvalue weighted by molar-refractivity contribution is 5.88. The summed E-state index contributed by atoms with van der Waals surface area (Å²) in [5, 5.41) is 13.9. The number of carboxylic acid groups (broad SMARTS) is 1. The number of amides is 1. The number of carbonyl (C=O) groups is 2. The van der Waals surface area contributed by atoms with E-state index in [0.29, 0.717) is 35.0 Å². The van der Waals surface area contributed by atoms with Crippen LogP contribution in [0.4, 0.5) is 0 Å². The van der Waals surface area contributed by atoms with Crippen LogP contribution < -0.4 is 9.47 Å². The molecule has 0 unspecified atom stereocenters. The van der Waals surface area contributed by atoms with E-state index in [1.54, 1.807) is 49.0 Å². The van der Waals surface area contributed by atoms with Crippen molar-refractivity contribution in [3.05, 3.63) is 59.8 Å². The van der Waals surface area contributed by atoms with Gasteiger partial charge >= 0.3 is 5.97 Å². The smallest absolute Gasteiger partial charge is 0.356 e. The zero-order valence-corrected chi connectivity index (χ0v) is 20.8. The van der Waals surface area contributed by atoms with Crippen LogP contribution in [0.25, 0.3) is 16.9 Å². The van der Waals surface area contributed by atoms with Gasteiger partial charge in [-0.25, -0.2) is 9.48 Å². The minimum Gasteiger partial charge on any atom is -0.496 e. The minimum atomic E-state index is -1.15. The van der Waals surface area contributed by atoms with Crippen LogP contribution >= 0.6 is 0 Å². The lowest BCUT2D eigenvalue weighted by Gasteiger charge is -2.19. The Labute approximate surface area is 205 Å². The highest BCUT2D eigenvalue weighted by atomic mass is 16.5. The van der Waals surface area contributed by atoms with Crippen molar-refractivity contribution in [1.82, 2.24) is 19.6 Å². The average Bonchev–Trinajstić information content (AvgIpc) is 3.28. The van der Waals surface area contributed by atoms with Gasteiger partial charge in [-0.2, -0.15) is 5.10 Å². The summed E-state index contributed by atoms with van der Waals surface area (Å²) >= 11 is 0. The zero-order chi connectivity index (χ0) is 25.5. The predicted molar refractivity (Wildman–Crippen MR) is 134 cm³/mol. The van der Waals surface area contributed by atoms with E-state index >= 15 is 0 Å². The van der Waals surface area contributed by atoms with E-state index < -0.39 is 5.97 Å². The van der Waals surface area contributed by atoms with Gasteiger partial charge in [0.15, 0.2) is 5.69 Å². The maximum atomic E-state index is 12.8. The van der Waals surface area contributed by atoms with Crippen LogP contribution in [0, 0.1) is 0 Å².